The smallest absolute Gasteiger partial charge is 0.212 e. The largest absolute Gasteiger partial charge is 0.218 e. The van der Waals surface area contributed by atoms with Crippen LogP contribution in [-0.2, 0) is 22.2 Å². The maximum Gasteiger partial charge on any atom is 0.218 e. The third kappa shape index (κ3) is 4.25. The lowest BCUT2D eigenvalue weighted by atomic mass is 9.91. The van der Waals surface area contributed by atoms with E-state index < -0.39 is 10.0 Å². The van der Waals surface area contributed by atoms with E-state index in [1.165, 1.54) is 5.56 Å². The van der Waals surface area contributed by atoms with Crippen LogP contribution >= 0.6 is 0 Å². The zero-order valence-corrected chi connectivity index (χ0v) is 15.0. The van der Waals surface area contributed by atoms with E-state index in [-0.39, 0.29) is 5.75 Å². The average molecular weight is 343 g/mol. The number of benzene rings is 2. The van der Waals surface area contributed by atoms with Gasteiger partial charge in [-0.25, -0.2) is 12.7 Å². The Morgan fingerprint density at radius 3 is 2.25 bits per heavy atom. The Labute approximate surface area is 145 Å². The second-order valence-electron chi connectivity index (χ2n) is 6.71. The van der Waals surface area contributed by atoms with Gasteiger partial charge in [-0.3, -0.25) is 0 Å². The van der Waals surface area contributed by atoms with Gasteiger partial charge in [0, 0.05) is 13.1 Å². The summed E-state index contributed by atoms with van der Waals surface area (Å²) in [4.78, 5) is 0. The predicted molar refractivity (Wildman–Crippen MR) is 98.2 cm³/mol. The molecule has 2 aromatic rings. The molecule has 0 aromatic heterocycles. The maximum absolute atomic E-state index is 12.7. The molecule has 0 amide bonds. The molecule has 1 heterocycles. The van der Waals surface area contributed by atoms with Crippen LogP contribution in [0.1, 0.15) is 29.5 Å². The molecular formula is C20H25NO2S. The first-order chi connectivity index (χ1) is 11.5. The lowest BCUT2D eigenvalue weighted by molar-refractivity contribution is 0.272. The first-order valence-corrected chi connectivity index (χ1v) is 10.2. The van der Waals surface area contributed by atoms with Crippen molar-refractivity contribution in [3.05, 3.63) is 71.3 Å². The molecule has 0 aliphatic carbocycles. The molecule has 0 unspecified atom stereocenters. The molecule has 0 radical (unpaired) electrons. The fraction of sp³-hybridized carbons (Fsp3) is 0.400. The predicted octanol–water partition coefficient (Wildman–Crippen LogP) is 3.78. The molecule has 1 saturated heterocycles. The van der Waals surface area contributed by atoms with Gasteiger partial charge < -0.3 is 0 Å². The Morgan fingerprint density at radius 1 is 0.958 bits per heavy atom. The Bertz CT molecular complexity index is 763. The first-order valence-electron chi connectivity index (χ1n) is 8.61. The Kier molecular flexibility index (Phi) is 5.36. The molecule has 3 rings (SSSR count). The van der Waals surface area contributed by atoms with E-state index in [1.54, 1.807) is 4.31 Å². The molecule has 0 spiro atoms. The van der Waals surface area contributed by atoms with Gasteiger partial charge in [-0.1, -0.05) is 54.6 Å². The van der Waals surface area contributed by atoms with Gasteiger partial charge in [-0.15, -0.1) is 0 Å². The summed E-state index contributed by atoms with van der Waals surface area (Å²) < 4.78 is 27.1. The number of aryl methyl sites for hydroxylation is 1. The van der Waals surface area contributed by atoms with Crippen LogP contribution < -0.4 is 0 Å². The molecule has 24 heavy (non-hydrogen) atoms. The fourth-order valence-electron chi connectivity index (χ4n) is 3.40. The molecule has 4 heteroatoms. The third-order valence-corrected chi connectivity index (χ3v) is 6.76. The molecular weight excluding hydrogens is 318 g/mol. The Hall–Kier alpha value is -1.65. The summed E-state index contributed by atoms with van der Waals surface area (Å²) in [7, 11) is -3.22. The molecule has 128 valence electrons. The summed E-state index contributed by atoms with van der Waals surface area (Å²) in [6.45, 7) is 3.26. The zero-order chi connectivity index (χ0) is 17.0. The van der Waals surface area contributed by atoms with Gasteiger partial charge in [0.25, 0.3) is 0 Å². The molecule has 3 nitrogen and oxygen atoms in total. The SMILES string of the molecule is Cc1ccccc1CS(=O)(=O)N1CCC(Cc2ccccc2)CC1. The number of hydrogen-bond donors (Lipinski definition) is 0. The van der Waals surface area contributed by atoms with Crippen molar-refractivity contribution in [2.24, 2.45) is 5.92 Å². The summed E-state index contributed by atoms with van der Waals surface area (Å²) in [5, 5.41) is 0. The first kappa shape index (κ1) is 17.2. The van der Waals surface area contributed by atoms with Crippen molar-refractivity contribution in [2.45, 2.75) is 31.9 Å². The van der Waals surface area contributed by atoms with Crippen molar-refractivity contribution < 1.29 is 8.42 Å². The highest BCUT2D eigenvalue weighted by Gasteiger charge is 2.28. The van der Waals surface area contributed by atoms with E-state index in [1.807, 2.05) is 37.3 Å². The number of sulfonamides is 1. The maximum atomic E-state index is 12.7. The van der Waals surface area contributed by atoms with Gasteiger partial charge >= 0.3 is 0 Å². The highest BCUT2D eigenvalue weighted by molar-refractivity contribution is 7.88. The molecule has 0 atom stereocenters. The topological polar surface area (TPSA) is 37.4 Å². The number of piperidine rings is 1. The third-order valence-electron chi connectivity index (χ3n) is 4.93. The quantitative estimate of drug-likeness (QED) is 0.828. The van der Waals surface area contributed by atoms with Gasteiger partial charge in [0.05, 0.1) is 5.75 Å². The highest BCUT2D eigenvalue weighted by Crippen LogP contribution is 2.25. The number of hydrogen-bond acceptors (Lipinski definition) is 2. The fourth-order valence-corrected chi connectivity index (χ4v) is 5.07. The van der Waals surface area contributed by atoms with Crippen molar-refractivity contribution in [1.29, 1.82) is 0 Å². The average Bonchev–Trinajstić information content (AvgIpc) is 2.58. The minimum absolute atomic E-state index is 0.114. The van der Waals surface area contributed by atoms with Crippen LogP contribution in [0.2, 0.25) is 0 Å². The standard InChI is InChI=1S/C20H25NO2S/c1-17-7-5-6-10-20(17)16-24(22,23)21-13-11-19(12-14-21)15-18-8-3-2-4-9-18/h2-10,19H,11-16H2,1H3. The van der Waals surface area contributed by atoms with Crippen LogP contribution in [-0.4, -0.2) is 25.8 Å². The van der Waals surface area contributed by atoms with Crippen LogP contribution in [0.4, 0.5) is 0 Å². The van der Waals surface area contributed by atoms with E-state index in [0.717, 1.165) is 30.4 Å². The zero-order valence-electron chi connectivity index (χ0n) is 14.2. The van der Waals surface area contributed by atoms with E-state index in [2.05, 4.69) is 24.3 Å². The Morgan fingerprint density at radius 2 is 1.58 bits per heavy atom. The van der Waals surface area contributed by atoms with E-state index in [9.17, 15) is 8.42 Å². The summed E-state index contributed by atoms with van der Waals surface area (Å²) in [5.41, 5.74) is 3.29. The van der Waals surface area contributed by atoms with Crippen molar-refractivity contribution >= 4 is 10.0 Å². The second kappa shape index (κ2) is 7.49. The lowest BCUT2D eigenvalue weighted by Crippen LogP contribution is -2.39. The number of nitrogens with zero attached hydrogens (tertiary/aromatic N) is 1. The van der Waals surface area contributed by atoms with Gasteiger partial charge in [-0.05, 0) is 48.8 Å². The van der Waals surface area contributed by atoms with Gasteiger partial charge in [-0.2, -0.15) is 0 Å². The monoisotopic (exact) mass is 343 g/mol. The minimum atomic E-state index is -3.22. The van der Waals surface area contributed by atoms with Gasteiger partial charge in [0.2, 0.25) is 10.0 Å². The molecule has 2 aromatic carbocycles. The van der Waals surface area contributed by atoms with E-state index >= 15 is 0 Å². The van der Waals surface area contributed by atoms with Crippen molar-refractivity contribution in [3.63, 3.8) is 0 Å². The summed E-state index contributed by atoms with van der Waals surface area (Å²) in [6, 6.07) is 18.2. The normalized spacial score (nSPS) is 17.0. The second-order valence-corrected chi connectivity index (χ2v) is 8.68. The van der Waals surface area contributed by atoms with Crippen LogP contribution in [0.3, 0.4) is 0 Å². The van der Waals surface area contributed by atoms with Crippen LogP contribution in [0.15, 0.2) is 54.6 Å². The van der Waals surface area contributed by atoms with E-state index in [0.29, 0.717) is 19.0 Å². The van der Waals surface area contributed by atoms with Crippen LogP contribution in [0.25, 0.3) is 0 Å². The molecule has 1 aliphatic rings. The van der Waals surface area contributed by atoms with Crippen molar-refractivity contribution in [3.8, 4) is 0 Å². The minimum Gasteiger partial charge on any atom is -0.212 e. The summed E-state index contributed by atoms with van der Waals surface area (Å²) >= 11 is 0. The van der Waals surface area contributed by atoms with Gasteiger partial charge in [0.15, 0.2) is 0 Å². The summed E-state index contributed by atoms with van der Waals surface area (Å²) in [6.07, 6.45) is 2.94. The molecule has 0 N–H and O–H groups in total. The highest BCUT2D eigenvalue weighted by atomic mass is 32.2. The van der Waals surface area contributed by atoms with Crippen molar-refractivity contribution in [1.82, 2.24) is 4.31 Å². The van der Waals surface area contributed by atoms with Gasteiger partial charge in [0.1, 0.15) is 0 Å². The molecule has 1 fully saturated rings. The molecule has 0 bridgehead atoms. The van der Waals surface area contributed by atoms with Crippen LogP contribution in [0, 0.1) is 12.8 Å². The summed E-state index contributed by atoms with van der Waals surface area (Å²) in [5.74, 6) is 0.695. The van der Waals surface area contributed by atoms with E-state index in [4.69, 9.17) is 0 Å². The van der Waals surface area contributed by atoms with Crippen LogP contribution in [0.5, 0.6) is 0 Å². The molecule has 1 aliphatic heterocycles. The molecule has 0 saturated carbocycles. The lowest BCUT2D eigenvalue weighted by Gasteiger charge is -2.31. The Balaban J connectivity index is 1.58. The van der Waals surface area contributed by atoms with Crippen molar-refractivity contribution in [2.75, 3.05) is 13.1 Å². The number of rotatable bonds is 5.